The molecule has 1 aliphatic carbocycles. The Balaban J connectivity index is 2.02. The van der Waals surface area contributed by atoms with E-state index in [2.05, 4.69) is 51.6 Å². The summed E-state index contributed by atoms with van der Waals surface area (Å²) in [6.45, 7) is 7.46. The van der Waals surface area contributed by atoms with Crippen molar-refractivity contribution in [1.82, 2.24) is 0 Å². The van der Waals surface area contributed by atoms with Crippen molar-refractivity contribution in [3.05, 3.63) is 29.3 Å². The fraction of sp³-hybridized carbons (Fsp3) is 0.647. The van der Waals surface area contributed by atoms with E-state index >= 15 is 0 Å². The fourth-order valence-corrected chi connectivity index (χ4v) is 3.50. The first-order valence-corrected chi connectivity index (χ1v) is 8.04. The maximum atomic E-state index is 6.05. The molecule has 0 atom stereocenters. The number of hydrogen-bond acceptors (Lipinski definition) is 2. The van der Waals surface area contributed by atoms with Gasteiger partial charge in [0, 0.05) is 5.41 Å². The average molecular weight is 278 g/mol. The van der Waals surface area contributed by atoms with E-state index < -0.39 is 0 Å². The molecule has 0 aromatic heterocycles. The van der Waals surface area contributed by atoms with Gasteiger partial charge in [-0.15, -0.1) is 0 Å². The van der Waals surface area contributed by atoms with E-state index in [4.69, 9.17) is 4.74 Å². The summed E-state index contributed by atoms with van der Waals surface area (Å²) in [4.78, 5) is 0. The Morgan fingerprint density at radius 1 is 1.26 bits per heavy atom. The second-order valence-corrected chi connectivity index (χ2v) is 6.64. The maximum Gasteiger partial charge on any atom is 0.119 e. The molecule has 2 rings (SSSR count). The van der Waals surface area contributed by atoms with Gasteiger partial charge in [-0.2, -0.15) is 12.6 Å². The molecule has 0 N–H and O–H groups in total. The molecule has 1 aromatic rings. The van der Waals surface area contributed by atoms with Gasteiger partial charge in [0.25, 0.3) is 0 Å². The van der Waals surface area contributed by atoms with Gasteiger partial charge in [-0.05, 0) is 54.7 Å². The lowest BCUT2D eigenvalue weighted by Crippen LogP contribution is -2.27. The lowest BCUT2D eigenvalue weighted by Gasteiger charge is -2.27. The first-order chi connectivity index (χ1) is 9.06. The predicted octanol–water partition coefficient (Wildman–Crippen LogP) is 4.99. The van der Waals surface area contributed by atoms with Crippen molar-refractivity contribution < 1.29 is 4.74 Å². The van der Waals surface area contributed by atoms with Gasteiger partial charge < -0.3 is 4.74 Å². The van der Waals surface area contributed by atoms with Crippen molar-refractivity contribution >= 4 is 12.6 Å². The minimum Gasteiger partial charge on any atom is -0.493 e. The van der Waals surface area contributed by atoms with Crippen LogP contribution in [0.2, 0.25) is 0 Å². The Hall–Kier alpha value is -0.630. The molecule has 0 spiro atoms. The van der Waals surface area contributed by atoms with Crippen molar-refractivity contribution in [2.45, 2.75) is 52.4 Å². The van der Waals surface area contributed by atoms with Gasteiger partial charge in [-0.1, -0.05) is 32.8 Å². The van der Waals surface area contributed by atoms with Crippen LogP contribution in [0.25, 0.3) is 0 Å². The summed E-state index contributed by atoms with van der Waals surface area (Å²) in [6.07, 6.45) is 5.18. The fourth-order valence-electron chi connectivity index (χ4n) is 3.10. The molecule has 0 bridgehead atoms. The van der Waals surface area contributed by atoms with Crippen molar-refractivity contribution in [2.75, 3.05) is 12.4 Å². The average Bonchev–Trinajstić information content (AvgIpc) is 2.85. The first kappa shape index (κ1) is 14.8. The lowest BCUT2D eigenvalue weighted by molar-refractivity contribution is 0.173. The highest BCUT2D eigenvalue weighted by atomic mass is 32.1. The van der Waals surface area contributed by atoms with Gasteiger partial charge in [0.15, 0.2) is 0 Å². The molecule has 0 radical (unpaired) electrons. The van der Waals surface area contributed by atoms with Gasteiger partial charge in [0.05, 0.1) is 6.61 Å². The summed E-state index contributed by atoms with van der Waals surface area (Å²) in [7, 11) is 0. The van der Waals surface area contributed by atoms with Crippen LogP contribution in [-0.2, 0) is 0 Å². The van der Waals surface area contributed by atoms with Crippen LogP contribution in [0.4, 0.5) is 0 Å². The molecule has 0 aliphatic heterocycles. The Morgan fingerprint density at radius 3 is 2.47 bits per heavy atom. The summed E-state index contributed by atoms with van der Waals surface area (Å²) < 4.78 is 6.05. The zero-order valence-electron chi connectivity index (χ0n) is 12.4. The minimum atomic E-state index is 0.313. The lowest BCUT2D eigenvalue weighted by atomic mass is 9.90. The second kappa shape index (κ2) is 6.21. The number of benzene rings is 1. The van der Waals surface area contributed by atoms with Gasteiger partial charge in [0.2, 0.25) is 0 Å². The van der Waals surface area contributed by atoms with Crippen LogP contribution >= 0.6 is 12.6 Å². The number of aryl methyl sites for hydroxylation is 1. The molecule has 0 amide bonds. The smallest absolute Gasteiger partial charge is 0.119 e. The monoisotopic (exact) mass is 278 g/mol. The number of thiol groups is 1. The van der Waals surface area contributed by atoms with E-state index in [0.717, 1.165) is 18.1 Å². The normalized spacial score (nSPS) is 17.9. The van der Waals surface area contributed by atoms with E-state index in [0.29, 0.717) is 11.3 Å². The number of ether oxygens (including phenoxy) is 1. The van der Waals surface area contributed by atoms with Crippen LogP contribution in [-0.4, -0.2) is 12.4 Å². The molecule has 1 aliphatic rings. The zero-order chi connectivity index (χ0) is 13.9. The molecule has 2 heteroatoms. The van der Waals surface area contributed by atoms with Gasteiger partial charge in [-0.3, -0.25) is 0 Å². The van der Waals surface area contributed by atoms with Crippen molar-refractivity contribution in [3.63, 3.8) is 0 Å². The summed E-state index contributed by atoms with van der Waals surface area (Å²) in [5, 5.41) is 0. The van der Waals surface area contributed by atoms with Crippen LogP contribution in [0.1, 0.15) is 56.6 Å². The third-order valence-electron chi connectivity index (χ3n) is 4.41. The quantitative estimate of drug-likeness (QED) is 0.747. The summed E-state index contributed by atoms with van der Waals surface area (Å²) in [6, 6.07) is 6.50. The van der Waals surface area contributed by atoms with Crippen LogP contribution < -0.4 is 4.74 Å². The molecule has 106 valence electrons. The van der Waals surface area contributed by atoms with Gasteiger partial charge in [-0.25, -0.2) is 0 Å². The Kier molecular flexibility index (Phi) is 4.83. The van der Waals surface area contributed by atoms with Gasteiger partial charge in [0.1, 0.15) is 5.75 Å². The summed E-state index contributed by atoms with van der Waals surface area (Å²) in [5.74, 6) is 2.53. The predicted molar refractivity (Wildman–Crippen MR) is 85.5 cm³/mol. The molecule has 1 saturated carbocycles. The van der Waals surface area contributed by atoms with Crippen molar-refractivity contribution in [3.8, 4) is 5.75 Å². The van der Waals surface area contributed by atoms with E-state index in [9.17, 15) is 0 Å². The highest BCUT2D eigenvalue weighted by Gasteiger charge is 2.33. The third-order valence-corrected chi connectivity index (χ3v) is 5.08. The summed E-state index contributed by atoms with van der Waals surface area (Å²) in [5.41, 5.74) is 3.06. The number of rotatable bonds is 5. The molecule has 1 nitrogen and oxygen atoms in total. The Bertz CT molecular complexity index is 419. The Morgan fingerprint density at radius 2 is 1.95 bits per heavy atom. The molecule has 0 unspecified atom stereocenters. The van der Waals surface area contributed by atoms with Crippen LogP contribution in [0.5, 0.6) is 5.75 Å². The number of hydrogen-bond donors (Lipinski definition) is 1. The van der Waals surface area contributed by atoms with Crippen LogP contribution in [0, 0.1) is 12.3 Å². The SMILES string of the molecule is Cc1cc(OCC2(CS)CCCC2)ccc1C(C)C. The molecule has 0 saturated heterocycles. The molecular formula is C17H26OS. The minimum absolute atomic E-state index is 0.313. The summed E-state index contributed by atoms with van der Waals surface area (Å²) >= 11 is 4.53. The topological polar surface area (TPSA) is 9.23 Å². The van der Waals surface area contributed by atoms with Gasteiger partial charge >= 0.3 is 0 Å². The van der Waals surface area contributed by atoms with E-state index in [1.165, 1.54) is 36.8 Å². The largest absolute Gasteiger partial charge is 0.493 e. The third kappa shape index (κ3) is 3.47. The van der Waals surface area contributed by atoms with Crippen molar-refractivity contribution in [1.29, 1.82) is 0 Å². The molecule has 19 heavy (non-hydrogen) atoms. The van der Waals surface area contributed by atoms with E-state index in [1.54, 1.807) is 0 Å². The zero-order valence-corrected chi connectivity index (χ0v) is 13.3. The first-order valence-electron chi connectivity index (χ1n) is 7.40. The highest BCUT2D eigenvalue weighted by Crippen LogP contribution is 2.39. The van der Waals surface area contributed by atoms with E-state index in [1.807, 2.05) is 0 Å². The highest BCUT2D eigenvalue weighted by molar-refractivity contribution is 7.80. The Labute approximate surface area is 123 Å². The maximum absolute atomic E-state index is 6.05. The standard InChI is InChI=1S/C17H26OS/c1-13(2)16-7-6-15(10-14(16)3)18-11-17(12-19)8-4-5-9-17/h6-7,10,13,19H,4-5,8-9,11-12H2,1-3H3. The molecule has 1 fully saturated rings. The van der Waals surface area contributed by atoms with Crippen LogP contribution in [0.15, 0.2) is 18.2 Å². The van der Waals surface area contributed by atoms with Crippen LogP contribution in [0.3, 0.4) is 0 Å². The molecular weight excluding hydrogens is 252 g/mol. The second-order valence-electron chi connectivity index (χ2n) is 6.33. The van der Waals surface area contributed by atoms with Crippen molar-refractivity contribution in [2.24, 2.45) is 5.41 Å². The molecule has 0 heterocycles. The molecule has 1 aromatic carbocycles. The van der Waals surface area contributed by atoms with E-state index in [-0.39, 0.29) is 0 Å².